The molecule has 0 bridgehead atoms. The Morgan fingerprint density at radius 1 is 1.35 bits per heavy atom. The standard InChI is InChI=1S/C11H23N3O2S/c1-3-4-5-8(12)11(16)14-9(10(13)15)6-7-17-2/h8-9H,3-7,12H2,1-2H3,(H2,13,15)(H,14,16)/t8-,9+/m0/s1. The molecule has 0 aliphatic carbocycles. The monoisotopic (exact) mass is 261 g/mol. The van der Waals surface area contributed by atoms with E-state index in [9.17, 15) is 9.59 Å². The van der Waals surface area contributed by atoms with Crippen molar-refractivity contribution >= 4 is 23.6 Å². The number of primary amides is 1. The largest absolute Gasteiger partial charge is 0.368 e. The fraction of sp³-hybridized carbons (Fsp3) is 0.818. The Hall–Kier alpha value is -0.750. The summed E-state index contributed by atoms with van der Waals surface area (Å²) in [4.78, 5) is 22.8. The highest BCUT2D eigenvalue weighted by molar-refractivity contribution is 7.98. The Morgan fingerprint density at radius 2 is 2.00 bits per heavy atom. The Bertz CT molecular complexity index is 249. The van der Waals surface area contributed by atoms with Crippen LogP contribution in [0.15, 0.2) is 0 Å². The number of rotatable bonds is 9. The minimum atomic E-state index is -0.609. The maximum atomic E-state index is 11.7. The first-order valence-electron chi connectivity index (χ1n) is 5.87. The SMILES string of the molecule is CCCC[C@H](N)C(=O)N[C@H](CCSC)C(N)=O. The van der Waals surface area contributed by atoms with Crippen molar-refractivity contribution in [1.82, 2.24) is 5.32 Å². The third kappa shape index (κ3) is 7.23. The van der Waals surface area contributed by atoms with Crippen LogP contribution in [0.25, 0.3) is 0 Å². The fourth-order valence-electron chi connectivity index (χ4n) is 1.36. The third-order valence-electron chi connectivity index (χ3n) is 2.48. The molecule has 0 spiro atoms. The van der Waals surface area contributed by atoms with E-state index in [0.29, 0.717) is 12.8 Å². The summed E-state index contributed by atoms with van der Waals surface area (Å²) in [6, 6.07) is -1.16. The van der Waals surface area contributed by atoms with Crippen LogP contribution in [0, 0.1) is 0 Å². The van der Waals surface area contributed by atoms with E-state index >= 15 is 0 Å². The van der Waals surface area contributed by atoms with Gasteiger partial charge in [0, 0.05) is 0 Å². The highest BCUT2D eigenvalue weighted by atomic mass is 32.2. The number of unbranched alkanes of at least 4 members (excludes halogenated alkanes) is 1. The highest BCUT2D eigenvalue weighted by Crippen LogP contribution is 2.02. The van der Waals surface area contributed by atoms with Crippen LogP contribution in [0.2, 0.25) is 0 Å². The van der Waals surface area contributed by atoms with Gasteiger partial charge in [-0.05, 0) is 24.9 Å². The molecule has 0 fully saturated rings. The summed E-state index contributed by atoms with van der Waals surface area (Å²) >= 11 is 1.61. The van der Waals surface area contributed by atoms with Gasteiger partial charge in [0.15, 0.2) is 0 Å². The summed E-state index contributed by atoms with van der Waals surface area (Å²) in [5, 5.41) is 2.61. The maximum absolute atomic E-state index is 11.7. The Labute approximate surface area is 107 Å². The van der Waals surface area contributed by atoms with Crippen molar-refractivity contribution in [3.63, 3.8) is 0 Å². The van der Waals surface area contributed by atoms with Crippen LogP contribution in [0.4, 0.5) is 0 Å². The number of thioether (sulfide) groups is 1. The van der Waals surface area contributed by atoms with Gasteiger partial charge in [0.1, 0.15) is 6.04 Å². The first-order chi connectivity index (χ1) is 8.02. The Balaban J connectivity index is 4.15. The van der Waals surface area contributed by atoms with E-state index in [1.807, 2.05) is 13.2 Å². The molecule has 0 saturated carbocycles. The highest BCUT2D eigenvalue weighted by Gasteiger charge is 2.20. The van der Waals surface area contributed by atoms with Crippen molar-refractivity contribution in [2.75, 3.05) is 12.0 Å². The van der Waals surface area contributed by atoms with E-state index in [0.717, 1.165) is 18.6 Å². The van der Waals surface area contributed by atoms with Gasteiger partial charge in [-0.15, -0.1) is 0 Å². The average molecular weight is 261 g/mol. The summed E-state index contributed by atoms with van der Waals surface area (Å²) < 4.78 is 0. The van der Waals surface area contributed by atoms with Crippen LogP contribution in [-0.2, 0) is 9.59 Å². The van der Waals surface area contributed by atoms with Gasteiger partial charge in [-0.1, -0.05) is 19.8 Å². The molecule has 5 N–H and O–H groups in total. The molecule has 0 aromatic carbocycles. The van der Waals surface area contributed by atoms with Crippen LogP contribution in [0.1, 0.15) is 32.6 Å². The van der Waals surface area contributed by atoms with Crippen LogP contribution in [0.5, 0.6) is 0 Å². The number of amides is 2. The van der Waals surface area contributed by atoms with Crippen molar-refractivity contribution in [3.8, 4) is 0 Å². The lowest BCUT2D eigenvalue weighted by molar-refractivity contribution is -0.128. The Morgan fingerprint density at radius 3 is 2.47 bits per heavy atom. The molecule has 0 aromatic rings. The number of nitrogens with two attached hydrogens (primary N) is 2. The molecule has 2 atom stereocenters. The molecule has 0 radical (unpaired) electrons. The van der Waals surface area contributed by atoms with Crippen molar-refractivity contribution in [3.05, 3.63) is 0 Å². The number of carbonyl (C=O) groups is 2. The van der Waals surface area contributed by atoms with Crippen molar-refractivity contribution in [2.45, 2.75) is 44.7 Å². The van der Waals surface area contributed by atoms with Crippen molar-refractivity contribution < 1.29 is 9.59 Å². The summed E-state index contributed by atoms with van der Waals surface area (Å²) in [5.74, 6) is -0.0172. The topological polar surface area (TPSA) is 98.2 Å². The van der Waals surface area contributed by atoms with E-state index in [2.05, 4.69) is 5.32 Å². The summed E-state index contributed by atoms with van der Waals surface area (Å²) in [6.07, 6.45) is 5.01. The minimum absolute atomic E-state index is 0.289. The van der Waals surface area contributed by atoms with E-state index in [1.165, 1.54) is 0 Å². The van der Waals surface area contributed by atoms with E-state index in [4.69, 9.17) is 11.5 Å². The molecule has 0 aliphatic heterocycles. The molecule has 17 heavy (non-hydrogen) atoms. The second-order valence-electron chi connectivity index (χ2n) is 3.99. The van der Waals surface area contributed by atoms with Crippen molar-refractivity contribution in [1.29, 1.82) is 0 Å². The zero-order valence-electron chi connectivity index (χ0n) is 10.6. The number of hydrogen-bond donors (Lipinski definition) is 3. The summed E-state index contributed by atoms with van der Waals surface area (Å²) in [5.41, 5.74) is 10.9. The molecule has 2 amide bonds. The number of hydrogen-bond acceptors (Lipinski definition) is 4. The van der Waals surface area contributed by atoms with Gasteiger partial charge in [-0.25, -0.2) is 0 Å². The van der Waals surface area contributed by atoms with Gasteiger partial charge < -0.3 is 16.8 Å². The zero-order chi connectivity index (χ0) is 13.3. The average Bonchev–Trinajstić information content (AvgIpc) is 2.30. The van der Waals surface area contributed by atoms with Crippen LogP contribution in [0.3, 0.4) is 0 Å². The fourth-order valence-corrected chi connectivity index (χ4v) is 1.83. The molecular weight excluding hydrogens is 238 g/mol. The lowest BCUT2D eigenvalue weighted by Gasteiger charge is -2.18. The number of nitrogens with one attached hydrogen (secondary N) is 1. The lowest BCUT2D eigenvalue weighted by Crippen LogP contribution is -2.50. The predicted molar refractivity (Wildman–Crippen MR) is 71.6 cm³/mol. The van der Waals surface area contributed by atoms with Crippen molar-refractivity contribution in [2.24, 2.45) is 11.5 Å². The zero-order valence-corrected chi connectivity index (χ0v) is 11.4. The molecular formula is C11H23N3O2S. The normalized spacial score (nSPS) is 14.1. The van der Waals surface area contributed by atoms with Gasteiger partial charge in [0.25, 0.3) is 0 Å². The molecule has 0 rings (SSSR count). The molecule has 5 nitrogen and oxygen atoms in total. The molecule has 6 heteroatoms. The summed E-state index contributed by atoms with van der Waals surface area (Å²) in [7, 11) is 0. The molecule has 0 heterocycles. The maximum Gasteiger partial charge on any atom is 0.240 e. The van der Waals surface area contributed by atoms with E-state index in [1.54, 1.807) is 11.8 Å². The molecule has 0 aromatic heterocycles. The van der Waals surface area contributed by atoms with E-state index < -0.39 is 18.0 Å². The predicted octanol–water partition coefficient (Wildman–Crippen LogP) is 0.227. The van der Waals surface area contributed by atoms with Gasteiger partial charge in [0.05, 0.1) is 6.04 Å². The molecule has 0 unspecified atom stereocenters. The number of carbonyl (C=O) groups excluding carboxylic acids is 2. The first-order valence-corrected chi connectivity index (χ1v) is 7.26. The van der Waals surface area contributed by atoms with Crippen LogP contribution in [-0.4, -0.2) is 35.9 Å². The summed E-state index contributed by atoms with van der Waals surface area (Å²) in [6.45, 7) is 2.04. The quantitative estimate of drug-likeness (QED) is 0.553. The lowest BCUT2D eigenvalue weighted by atomic mass is 10.1. The molecule has 100 valence electrons. The van der Waals surface area contributed by atoms with Crippen LogP contribution < -0.4 is 16.8 Å². The van der Waals surface area contributed by atoms with E-state index in [-0.39, 0.29) is 5.91 Å². The van der Waals surface area contributed by atoms with Gasteiger partial charge >= 0.3 is 0 Å². The van der Waals surface area contributed by atoms with Crippen LogP contribution >= 0.6 is 11.8 Å². The smallest absolute Gasteiger partial charge is 0.240 e. The minimum Gasteiger partial charge on any atom is -0.368 e. The first kappa shape index (κ1) is 16.2. The Kier molecular flexibility index (Phi) is 8.89. The van der Waals surface area contributed by atoms with Gasteiger partial charge in [-0.3, -0.25) is 9.59 Å². The van der Waals surface area contributed by atoms with Gasteiger partial charge in [0.2, 0.25) is 11.8 Å². The molecule has 0 saturated heterocycles. The second kappa shape index (κ2) is 9.30. The van der Waals surface area contributed by atoms with Gasteiger partial charge in [-0.2, -0.15) is 11.8 Å². The second-order valence-corrected chi connectivity index (χ2v) is 4.98. The molecule has 0 aliphatic rings. The third-order valence-corrected chi connectivity index (χ3v) is 3.12.